The van der Waals surface area contributed by atoms with Crippen LogP contribution in [0, 0.1) is 11.3 Å². The van der Waals surface area contributed by atoms with E-state index in [0.717, 1.165) is 0 Å². The van der Waals surface area contributed by atoms with Crippen molar-refractivity contribution in [3.63, 3.8) is 0 Å². The molecule has 0 saturated carbocycles. The molecule has 2 nitrogen and oxygen atoms in total. The number of aliphatic hydroxyl groups is 1. The van der Waals surface area contributed by atoms with Crippen molar-refractivity contribution in [1.29, 1.82) is 5.26 Å². The van der Waals surface area contributed by atoms with Gasteiger partial charge < -0.3 is 5.11 Å². The van der Waals surface area contributed by atoms with E-state index in [1.165, 1.54) is 18.3 Å². The van der Waals surface area contributed by atoms with Crippen LogP contribution >= 0.6 is 11.3 Å². The summed E-state index contributed by atoms with van der Waals surface area (Å²) < 4.78 is 0. The topological polar surface area (TPSA) is 44.0 Å². The molecule has 0 aliphatic heterocycles. The Hall–Kier alpha value is -0.850. The van der Waals surface area contributed by atoms with Crippen LogP contribution in [-0.4, -0.2) is 5.11 Å². The lowest BCUT2D eigenvalue weighted by molar-refractivity contribution is 0.123. The Kier molecular flexibility index (Phi) is 1.75. The molecule has 0 bridgehead atoms. The lowest BCUT2D eigenvalue weighted by atomic mass is 10.1. The van der Waals surface area contributed by atoms with Gasteiger partial charge in [0.15, 0.2) is 5.60 Å². The van der Waals surface area contributed by atoms with Gasteiger partial charge in [0.05, 0.1) is 4.88 Å². The van der Waals surface area contributed by atoms with Crippen LogP contribution in [0.2, 0.25) is 0 Å². The second-order valence-electron chi connectivity index (χ2n) is 2.16. The highest BCUT2D eigenvalue weighted by molar-refractivity contribution is 7.10. The number of nitrogens with zero attached hydrogens (tertiary/aromatic N) is 1. The van der Waals surface area contributed by atoms with Gasteiger partial charge in [-0.05, 0) is 18.4 Å². The predicted octanol–water partition coefficient (Wildman–Crippen LogP) is 1.48. The average Bonchev–Trinajstić information content (AvgIpc) is 2.38. The molecule has 1 aromatic heterocycles. The Morgan fingerprint density at radius 2 is 2.50 bits per heavy atom. The minimum absolute atomic E-state index is 0.690. The van der Waals surface area contributed by atoms with E-state index in [2.05, 4.69) is 0 Å². The fourth-order valence-electron chi connectivity index (χ4n) is 0.611. The lowest BCUT2D eigenvalue weighted by Gasteiger charge is -2.09. The first kappa shape index (κ1) is 7.26. The molecule has 1 atom stereocenters. The molecule has 1 heterocycles. The molecule has 0 aliphatic rings. The molecular weight excluding hydrogens is 146 g/mol. The molecular formula is C7H7NOS. The summed E-state index contributed by atoms with van der Waals surface area (Å²) >= 11 is 1.38. The fraction of sp³-hybridized carbons (Fsp3) is 0.286. The van der Waals surface area contributed by atoms with Crippen LogP contribution in [0.15, 0.2) is 17.5 Å². The van der Waals surface area contributed by atoms with E-state index in [0.29, 0.717) is 4.88 Å². The minimum Gasteiger partial charge on any atom is -0.371 e. The van der Waals surface area contributed by atoms with Crippen molar-refractivity contribution in [3.8, 4) is 6.07 Å². The zero-order valence-corrected chi connectivity index (χ0v) is 6.35. The highest BCUT2D eigenvalue weighted by atomic mass is 32.1. The van der Waals surface area contributed by atoms with Gasteiger partial charge in [0, 0.05) is 0 Å². The molecule has 0 fully saturated rings. The Labute approximate surface area is 63.4 Å². The van der Waals surface area contributed by atoms with Gasteiger partial charge in [0.2, 0.25) is 0 Å². The molecule has 0 aromatic carbocycles. The molecule has 0 aliphatic carbocycles. The molecule has 1 aromatic rings. The zero-order valence-electron chi connectivity index (χ0n) is 5.53. The summed E-state index contributed by atoms with van der Waals surface area (Å²) in [6.45, 7) is 1.48. The van der Waals surface area contributed by atoms with Crippen molar-refractivity contribution < 1.29 is 5.11 Å². The van der Waals surface area contributed by atoms with E-state index in [-0.39, 0.29) is 0 Å². The van der Waals surface area contributed by atoms with Gasteiger partial charge in [-0.25, -0.2) is 0 Å². The molecule has 0 spiro atoms. The van der Waals surface area contributed by atoms with Crippen LogP contribution < -0.4 is 0 Å². The second kappa shape index (κ2) is 2.41. The van der Waals surface area contributed by atoms with Crippen molar-refractivity contribution in [2.75, 3.05) is 0 Å². The second-order valence-corrected chi connectivity index (χ2v) is 3.11. The largest absolute Gasteiger partial charge is 0.371 e. The van der Waals surface area contributed by atoms with Gasteiger partial charge >= 0.3 is 0 Å². The maximum absolute atomic E-state index is 9.33. The molecule has 0 saturated heterocycles. The van der Waals surface area contributed by atoms with Crippen LogP contribution in [0.5, 0.6) is 0 Å². The SMILES string of the molecule is C[C@@](O)(C#N)c1cccs1. The summed E-state index contributed by atoms with van der Waals surface area (Å²) in [5.41, 5.74) is -1.31. The van der Waals surface area contributed by atoms with Gasteiger partial charge in [-0.1, -0.05) is 6.07 Å². The summed E-state index contributed by atoms with van der Waals surface area (Å²) in [7, 11) is 0. The average molecular weight is 153 g/mol. The molecule has 0 radical (unpaired) electrons. The van der Waals surface area contributed by atoms with Gasteiger partial charge in [-0.3, -0.25) is 0 Å². The third-order valence-electron chi connectivity index (χ3n) is 1.22. The van der Waals surface area contributed by atoms with E-state index in [4.69, 9.17) is 5.26 Å². The van der Waals surface area contributed by atoms with Crippen molar-refractivity contribution in [2.45, 2.75) is 12.5 Å². The van der Waals surface area contributed by atoms with Crippen LogP contribution in [0.4, 0.5) is 0 Å². The maximum Gasteiger partial charge on any atom is 0.183 e. The Bertz CT molecular complexity index is 245. The summed E-state index contributed by atoms with van der Waals surface area (Å²) in [5, 5.41) is 19.6. The van der Waals surface area contributed by atoms with Crippen molar-refractivity contribution >= 4 is 11.3 Å². The lowest BCUT2D eigenvalue weighted by Crippen LogP contribution is -2.15. The zero-order chi connectivity index (χ0) is 7.61. The van der Waals surface area contributed by atoms with E-state index in [1.807, 2.05) is 17.5 Å². The first-order valence-corrected chi connectivity index (χ1v) is 3.72. The van der Waals surface area contributed by atoms with Crippen LogP contribution in [0.1, 0.15) is 11.8 Å². The van der Waals surface area contributed by atoms with Gasteiger partial charge in [-0.2, -0.15) is 5.26 Å². The third kappa shape index (κ3) is 1.18. The van der Waals surface area contributed by atoms with Crippen LogP contribution in [0.25, 0.3) is 0 Å². The standard InChI is InChI=1S/C7H7NOS/c1-7(9,5-8)6-3-2-4-10-6/h2-4,9H,1H3/t7-/m1/s1. The van der Waals surface area contributed by atoms with Crippen molar-refractivity contribution in [2.24, 2.45) is 0 Å². The Balaban J connectivity index is 2.99. The number of nitriles is 1. The normalized spacial score (nSPS) is 15.7. The molecule has 1 rings (SSSR count). The molecule has 0 unspecified atom stereocenters. The number of hydrogen-bond donors (Lipinski definition) is 1. The van der Waals surface area contributed by atoms with Gasteiger partial charge in [0.25, 0.3) is 0 Å². The minimum atomic E-state index is -1.31. The highest BCUT2D eigenvalue weighted by Gasteiger charge is 2.22. The summed E-state index contributed by atoms with van der Waals surface area (Å²) in [6, 6.07) is 5.36. The Morgan fingerprint density at radius 3 is 2.90 bits per heavy atom. The number of rotatable bonds is 1. The van der Waals surface area contributed by atoms with Crippen molar-refractivity contribution in [1.82, 2.24) is 0 Å². The van der Waals surface area contributed by atoms with E-state index < -0.39 is 5.60 Å². The fourth-order valence-corrected chi connectivity index (χ4v) is 1.35. The van der Waals surface area contributed by atoms with Crippen molar-refractivity contribution in [3.05, 3.63) is 22.4 Å². The van der Waals surface area contributed by atoms with Crippen LogP contribution in [0.3, 0.4) is 0 Å². The smallest absolute Gasteiger partial charge is 0.183 e. The molecule has 1 N–H and O–H groups in total. The first-order valence-electron chi connectivity index (χ1n) is 2.84. The number of hydrogen-bond acceptors (Lipinski definition) is 3. The molecule has 0 amide bonds. The monoisotopic (exact) mass is 153 g/mol. The Morgan fingerprint density at radius 1 is 1.80 bits per heavy atom. The summed E-state index contributed by atoms with van der Waals surface area (Å²) in [5.74, 6) is 0. The molecule has 52 valence electrons. The quantitative estimate of drug-likeness (QED) is 0.621. The van der Waals surface area contributed by atoms with Gasteiger partial charge in [-0.15, -0.1) is 11.3 Å². The van der Waals surface area contributed by atoms with Crippen LogP contribution in [-0.2, 0) is 5.60 Å². The van der Waals surface area contributed by atoms with Gasteiger partial charge in [0.1, 0.15) is 6.07 Å². The summed E-state index contributed by atoms with van der Waals surface area (Å²) in [4.78, 5) is 0.690. The van der Waals surface area contributed by atoms with E-state index in [9.17, 15) is 5.11 Å². The van der Waals surface area contributed by atoms with E-state index in [1.54, 1.807) is 6.07 Å². The third-order valence-corrected chi connectivity index (χ3v) is 2.30. The number of thiophene rings is 1. The highest BCUT2D eigenvalue weighted by Crippen LogP contribution is 2.23. The molecule has 10 heavy (non-hydrogen) atoms. The summed E-state index contributed by atoms with van der Waals surface area (Å²) in [6.07, 6.45) is 0. The maximum atomic E-state index is 9.33. The first-order chi connectivity index (χ1) is 4.67. The van der Waals surface area contributed by atoms with E-state index >= 15 is 0 Å². The molecule has 3 heteroatoms. The predicted molar refractivity (Wildman–Crippen MR) is 39.5 cm³/mol.